The number of rotatable bonds is 4. The number of nitrogens with one attached hydrogen (secondary N) is 1. The Morgan fingerprint density at radius 3 is 2.59 bits per heavy atom. The Kier molecular flexibility index (Phi) is 4.33. The first-order valence-corrected chi connectivity index (χ1v) is 4.68. The average Bonchev–Trinajstić information content (AvgIpc) is 2.24. The number of ether oxygens (including phenoxy) is 1. The van der Waals surface area contributed by atoms with Crippen molar-refractivity contribution in [3.63, 3.8) is 0 Å². The van der Waals surface area contributed by atoms with Gasteiger partial charge in [0.25, 0.3) is 5.91 Å². The summed E-state index contributed by atoms with van der Waals surface area (Å²) in [6.45, 7) is -0.340. The average molecular weight is 249 g/mol. The monoisotopic (exact) mass is 249 g/mol. The molecule has 0 spiro atoms. The Morgan fingerprint density at radius 2 is 2.00 bits per heavy atom. The van der Waals surface area contributed by atoms with Crippen LogP contribution in [0.2, 0.25) is 0 Å². The first-order chi connectivity index (χ1) is 7.94. The summed E-state index contributed by atoms with van der Waals surface area (Å²) in [7, 11) is 0. The normalized spacial score (nSPS) is 11.1. The molecule has 7 heteroatoms. The Labute approximate surface area is 95.0 Å². The molecule has 94 valence electrons. The van der Waals surface area contributed by atoms with E-state index in [0.29, 0.717) is 0 Å². The Balaban J connectivity index is 2.88. The van der Waals surface area contributed by atoms with Crippen molar-refractivity contribution >= 4 is 5.91 Å². The molecule has 0 atom stereocenters. The lowest BCUT2D eigenvalue weighted by molar-refractivity contribution is -0.274. The van der Waals surface area contributed by atoms with Crippen LogP contribution in [0.15, 0.2) is 24.3 Å². The number of amides is 1. The highest BCUT2D eigenvalue weighted by molar-refractivity contribution is 5.96. The van der Waals surface area contributed by atoms with Crippen LogP contribution in [0.25, 0.3) is 0 Å². The van der Waals surface area contributed by atoms with E-state index in [1.165, 1.54) is 18.2 Å². The topological polar surface area (TPSA) is 58.6 Å². The summed E-state index contributed by atoms with van der Waals surface area (Å²) in [6.07, 6.45) is -4.85. The van der Waals surface area contributed by atoms with E-state index >= 15 is 0 Å². The number of carbonyl (C=O) groups excluding carboxylic acids is 1. The standard InChI is InChI=1S/C10H10F3NO3/c11-10(12,13)17-8-4-2-1-3-7(8)9(16)14-5-6-15/h1-4,15H,5-6H2,(H,14,16). The zero-order valence-electron chi connectivity index (χ0n) is 8.62. The highest BCUT2D eigenvalue weighted by Gasteiger charge is 2.32. The van der Waals surface area contributed by atoms with Gasteiger partial charge in [0.1, 0.15) is 5.75 Å². The molecule has 0 aliphatic heterocycles. The second-order valence-electron chi connectivity index (χ2n) is 3.02. The van der Waals surface area contributed by atoms with Crippen LogP contribution in [0, 0.1) is 0 Å². The molecule has 0 fully saturated rings. The number of alkyl halides is 3. The summed E-state index contributed by atoms with van der Waals surface area (Å²) in [4.78, 5) is 11.4. The lowest BCUT2D eigenvalue weighted by atomic mass is 10.2. The van der Waals surface area contributed by atoms with Crippen molar-refractivity contribution in [1.29, 1.82) is 0 Å². The maximum atomic E-state index is 12.0. The van der Waals surface area contributed by atoms with Gasteiger partial charge in [0, 0.05) is 6.54 Å². The van der Waals surface area contributed by atoms with Crippen LogP contribution in [-0.2, 0) is 0 Å². The summed E-state index contributed by atoms with van der Waals surface area (Å²) in [5, 5.41) is 10.7. The third-order valence-corrected chi connectivity index (χ3v) is 1.75. The Hall–Kier alpha value is -1.76. The minimum atomic E-state index is -4.85. The smallest absolute Gasteiger partial charge is 0.405 e. The van der Waals surface area contributed by atoms with Gasteiger partial charge in [0.05, 0.1) is 12.2 Å². The molecule has 0 radical (unpaired) electrons. The molecule has 17 heavy (non-hydrogen) atoms. The van der Waals surface area contributed by atoms with Crippen LogP contribution in [0.3, 0.4) is 0 Å². The second kappa shape index (κ2) is 5.53. The summed E-state index contributed by atoms with van der Waals surface area (Å²) in [6, 6.07) is 4.98. The summed E-state index contributed by atoms with van der Waals surface area (Å²) in [5.74, 6) is -1.31. The molecule has 0 aliphatic rings. The number of benzene rings is 1. The lowest BCUT2D eigenvalue weighted by Crippen LogP contribution is -2.28. The van der Waals surface area contributed by atoms with Crippen LogP contribution >= 0.6 is 0 Å². The van der Waals surface area contributed by atoms with Crippen LogP contribution < -0.4 is 10.1 Å². The third kappa shape index (κ3) is 4.31. The van der Waals surface area contributed by atoms with Crippen molar-refractivity contribution in [1.82, 2.24) is 5.32 Å². The third-order valence-electron chi connectivity index (χ3n) is 1.75. The van der Waals surface area contributed by atoms with Gasteiger partial charge in [0.2, 0.25) is 0 Å². The number of hydrogen-bond acceptors (Lipinski definition) is 3. The number of para-hydroxylation sites is 1. The molecule has 1 rings (SSSR count). The SMILES string of the molecule is O=C(NCCO)c1ccccc1OC(F)(F)F. The summed E-state index contributed by atoms with van der Waals surface area (Å²) in [5.41, 5.74) is -0.238. The largest absolute Gasteiger partial charge is 0.573 e. The quantitative estimate of drug-likeness (QED) is 0.845. The molecule has 0 heterocycles. The molecule has 0 saturated carbocycles. The van der Waals surface area contributed by atoms with Gasteiger partial charge in [-0.2, -0.15) is 0 Å². The number of aliphatic hydroxyl groups is 1. The Bertz CT molecular complexity index is 393. The number of carbonyl (C=O) groups is 1. The fourth-order valence-corrected chi connectivity index (χ4v) is 1.13. The van der Waals surface area contributed by atoms with Gasteiger partial charge < -0.3 is 15.2 Å². The first-order valence-electron chi connectivity index (χ1n) is 4.68. The molecular weight excluding hydrogens is 239 g/mol. The van der Waals surface area contributed by atoms with E-state index in [-0.39, 0.29) is 18.7 Å². The fraction of sp³-hybridized carbons (Fsp3) is 0.300. The summed E-state index contributed by atoms with van der Waals surface area (Å²) < 4.78 is 39.8. The highest BCUT2D eigenvalue weighted by atomic mass is 19.4. The van der Waals surface area contributed by atoms with Crippen molar-refractivity contribution in [3.8, 4) is 5.75 Å². The first kappa shape index (κ1) is 13.3. The molecule has 4 nitrogen and oxygen atoms in total. The van der Waals surface area contributed by atoms with Crippen molar-refractivity contribution in [2.24, 2.45) is 0 Å². The van der Waals surface area contributed by atoms with Gasteiger partial charge in [-0.05, 0) is 12.1 Å². The predicted octanol–water partition coefficient (Wildman–Crippen LogP) is 1.31. The minimum Gasteiger partial charge on any atom is -0.405 e. The number of aliphatic hydroxyl groups excluding tert-OH is 1. The van der Waals surface area contributed by atoms with Crippen molar-refractivity contribution in [2.75, 3.05) is 13.2 Å². The van der Waals surface area contributed by atoms with E-state index in [1.807, 2.05) is 0 Å². The van der Waals surface area contributed by atoms with Gasteiger partial charge in [-0.15, -0.1) is 13.2 Å². The zero-order chi connectivity index (χ0) is 12.9. The molecule has 1 aromatic carbocycles. The van der Waals surface area contributed by atoms with Crippen LogP contribution in [-0.4, -0.2) is 30.5 Å². The van der Waals surface area contributed by atoms with Gasteiger partial charge in [-0.3, -0.25) is 4.79 Å². The van der Waals surface area contributed by atoms with E-state index in [0.717, 1.165) is 6.07 Å². The maximum absolute atomic E-state index is 12.0. The van der Waals surface area contributed by atoms with E-state index in [1.54, 1.807) is 0 Å². The molecule has 0 bridgehead atoms. The Morgan fingerprint density at radius 1 is 1.35 bits per heavy atom. The lowest BCUT2D eigenvalue weighted by Gasteiger charge is -2.12. The number of halogens is 3. The molecule has 0 aliphatic carbocycles. The predicted molar refractivity (Wildman–Crippen MR) is 52.5 cm³/mol. The van der Waals surface area contributed by atoms with E-state index in [9.17, 15) is 18.0 Å². The van der Waals surface area contributed by atoms with Crippen molar-refractivity contribution in [3.05, 3.63) is 29.8 Å². The highest BCUT2D eigenvalue weighted by Crippen LogP contribution is 2.25. The second-order valence-corrected chi connectivity index (χ2v) is 3.02. The van der Waals surface area contributed by atoms with E-state index in [2.05, 4.69) is 10.1 Å². The molecule has 1 aromatic rings. The zero-order valence-corrected chi connectivity index (χ0v) is 8.62. The van der Waals surface area contributed by atoms with Crippen LogP contribution in [0.4, 0.5) is 13.2 Å². The minimum absolute atomic E-state index is 0.0425. The molecule has 2 N–H and O–H groups in total. The van der Waals surface area contributed by atoms with Gasteiger partial charge >= 0.3 is 6.36 Å². The molecule has 0 unspecified atom stereocenters. The van der Waals surface area contributed by atoms with Gasteiger partial charge in [-0.1, -0.05) is 12.1 Å². The maximum Gasteiger partial charge on any atom is 0.573 e. The van der Waals surface area contributed by atoms with E-state index < -0.39 is 18.0 Å². The molecular formula is C10H10F3NO3. The molecule has 1 amide bonds. The van der Waals surface area contributed by atoms with Crippen molar-refractivity contribution < 1.29 is 27.8 Å². The fourth-order valence-electron chi connectivity index (χ4n) is 1.13. The van der Waals surface area contributed by atoms with Gasteiger partial charge in [0.15, 0.2) is 0 Å². The van der Waals surface area contributed by atoms with Gasteiger partial charge in [-0.25, -0.2) is 0 Å². The van der Waals surface area contributed by atoms with Crippen molar-refractivity contribution in [2.45, 2.75) is 6.36 Å². The molecule has 0 aromatic heterocycles. The molecule has 0 saturated heterocycles. The van der Waals surface area contributed by atoms with E-state index in [4.69, 9.17) is 5.11 Å². The summed E-state index contributed by atoms with van der Waals surface area (Å²) >= 11 is 0. The van der Waals surface area contributed by atoms with Crippen LogP contribution in [0.5, 0.6) is 5.75 Å². The van der Waals surface area contributed by atoms with Crippen LogP contribution in [0.1, 0.15) is 10.4 Å². The number of hydrogen-bond donors (Lipinski definition) is 2.